The van der Waals surface area contributed by atoms with Gasteiger partial charge in [0, 0.05) is 11.5 Å². The molecule has 1 unspecified atom stereocenters. The van der Waals surface area contributed by atoms with E-state index in [1.165, 1.54) is 12.1 Å². The SMILES string of the molecule is [N-]=[N+]=NCCCNC(C(=O)O)c1ccc(O)cc1. The van der Waals surface area contributed by atoms with Crippen molar-refractivity contribution in [2.75, 3.05) is 13.1 Å². The fraction of sp³-hybridized carbons (Fsp3) is 0.364. The minimum atomic E-state index is -0.996. The Kier molecular flexibility index (Phi) is 5.50. The molecule has 1 aromatic rings. The number of azide groups is 1. The summed E-state index contributed by atoms with van der Waals surface area (Å²) in [6.07, 6.45) is 0.561. The van der Waals surface area contributed by atoms with Crippen LogP contribution in [0.4, 0.5) is 0 Å². The standard InChI is InChI=1S/C11H14N4O3/c12-15-14-7-1-6-13-10(11(17)18)8-2-4-9(16)5-3-8/h2-5,10,13,16H,1,6-7H2,(H,17,18). The molecule has 96 valence electrons. The molecule has 0 aliphatic rings. The Labute approximate surface area is 104 Å². The van der Waals surface area contributed by atoms with Gasteiger partial charge < -0.3 is 15.5 Å². The van der Waals surface area contributed by atoms with Crippen LogP contribution in [0, 0.1) is 0 Å². The first-order valence-corrected chi connectivity index (χ1v) is 5.41. The van der Waals surface area contributed by atoms with E-state index in [-0.39, 0.29) is 5.75 Å². The lowest BCUT2D eigenvalue weighted by Crippen LogP contribution is -2.29. The lowest BCUT2D eigenvalue weighted by atomic mass is 10.1. The van der Waals surface area contributed by atoms with Crippen LogP contribution in [0.5, 0.6) is 5.75 Å². The van der Waals surface area contributed by atoms with E-state index in [1.807, 2.05) is 0 Å². The molecule has 1 aromatic carbocycles. The van der Waals surface area contributed by atoms with Crippen molar-refractivity contribution in [2.45, 2.75) is 12.5 Å². The van der Waals surface area contributed by atoms with Gasteiger partial charge in [0.05, 0.1) is 0 Å². The Bertz CT molecular complexity index is 440. The van der Waals surface area contributed by atoms with Crippen molar-refractivity contribution in [1.82, 2.24) is 5.32 Å². The molecule has 0 heterocycles. The Hall–Kier alpha value is -2.24. The molecule has 0 aliphatic carbocycles. The van der Waals surface area contributed by atoms with Crippen molar-refractivity contribution < 1.29 is 15.0 Å². The highest BCUT2D eigenvalue weighted by Gasteiger charge is 2.18. The number of phenolic OH excluding ortho intramolecular Hbond substituents is 1. The molecule has 0 bridgehead atoms. The maximum absolute atomic E-state index is 11.1. The molecule has 1 rings (SSSR count). The molecule has 0 radical (unpaired) electrons. The number of aromatic hydroxyl groups is 1. The number of aliphatic carboxylic acids is 1. The second-order valence-electron chi connectivity index (χ2n) is 3.62. The molecule has 0 aromatic heterocycles. The molecule has 0 saturated heterocycles. The summed E-state index contributed by atoms with van der Waals surface area (Å²) in [5.74, 6) is -0.907. The number of hydrogen-bond acceptors (Lipinski definition) is 4. The van der Waals surface area contributed by atoms with E-state index in [4.69, 9.17) is 15.7 Å². The molecule has 0 aliphatic heterocycles. The van der Waals surface area contributed by atoms with E-state index in [9.17, 15) is 4.79 Å². The quantitative estimate of drug-likeness (QED) is 0.296. The van der Waals surface area contributed by atoms with Gasteiger partial charge in [-0.1, -0.05) is 17.2 Å². The molecule has 0 spiro atoms. The van der Waals surface area contributed by atoms with Crippen LogP contribution in [0.3, 0.4) is 0 Å². The minimum absolute atomic E-state index is 0.0891. The lowest BCUT2D eigenvalue weighted by Gasteiger charge is -2.14. The Balaban J connectivity index is 2.57. The average molecular weight is 250 g/mol. The molecule has 0 amide bonds. The zero-order valence-corrected chi connectivity index (χ0v) is 9.65. The van der Waals surface area contributed by atoms with Crippen molar-refractivity contribution >= 4 is 5.97 Å². The number of carbonyl (C=O) groups is 1. The molecule has 0 saturated carbocycles. The van der Waals surface area contributed by atoms with Gasteiger partial charge in [0.2, 0.25) is 0 Å². The molecule has 18 heavy (non-hydrogen) atoms. The fourth-order valence-electron chi connectivity index (χ4n) is 1.46. The maximum Gasteiger partial charge on any atom is 0.325 e. The molecular weight excluding hydrogens is 236 g/mol. The average Bonchev–Trinajstić information content (AvgIpc) is 2.35. The van der Waals surface area contributed by atoms with Gasteiger partial charge in [-0.3, -0.25) is 4.79 Å². The van der Waals surface area contributed by atoms with Gasteiger partial charge in [0.25, 0.3) is 0 Å². The fourth-order valence-corrected chi connectivity index (χ4v) is 1.46. The first kappa shape index (κ1) is 13.8. The van der Waals surface area contributed by atoms with Crippen molar-refractivity contribution in [2.24, 2.45) is 5.11 Å². The predicted molar refractivity (Wildman–Crippen MR) is 65.1 cm³/mol. The van der Waals surface area contributed by atoms with Crippen LogP contribution >= 0.6 is 0 Å². The van der Waals surface area contributed by atoms with Crippen molar-refractivity contribution in [3.05, 3.63) is 40.3 Å². The number of hydrogen-bond donors (Lipinski definition) is 3. The third kappa shape index (κ3) is 4.32. The molecule has 7 heteroatoms. The van der Waals surface area contributed by atoms with E-state index >= 15 is 0 Å². The zero-order chi connectivity index (χ0) is 13.4. The van der Waals surface area contributed by atoms with Gasteiger partial charge >= 0.3 is 5.97 Å². The molecule has 0 fully saturated rings. The van der Waals surface area contributed by atoms with Gasteiger partial charge in [-0.25, -0.2) is 0 Å². The number of benzene rings is 1. The maximum atomic E-state index is 11.1. The number of nitrogens with one attached hydrogen (secondary N) is 1. The van der Waals surface area contributed by atoms with E-state index in [2.05, 4.69) is 15.3 Å². The summed E-state index contributed by atoms with van der Waals surface area (Å²) in [5.41, 5.74) is 8.65. The summed E-state index contributed by atoms with van der Waals surface area (Å²) >= 11 is 0. The lowest BCUT2D eigenvalue weighted by molar-refractivity contribution is -0.139. The number of carboxylic acids is 1. The third-order valence-corrected chi connectivity index (χ3v) is 2.32. The van der Waals surface area contributed by atoms with Crippen molar-refractivity contribution in [3.8, 4) is 5.75 Å². The summed E-state index contributed by atoms with van der Waals surface area (Å²) in [4.78, 5) is 13.7. The van der Waals surface area contributed by atoms with E-state index < -0.39 is 12.0 Å². The first-order chi connectivity index (χ1) is 8.65. The van der Waals surface area contributed by atoms with Gasteiger partial charge in [0.1, 0.15) is 11.8 Å². The van der Waals surface area contributed by atoms with Crippen LogP contribution in [0.1, 0.15) is 18.0 Å². The number of carboxylic acid groups (broad SMARTS) is 1. The molecular formula is C11H14N4O3. The van der Waals surface area contributed by atoms with Crippen LogP contribution in [0.25, 0.3) is 10.4 Å². The molecule has 1 atom stereocenters. The van der Waals surface area contributed by atoms with E-state index in [1.54, 1.807) is 12.1 Å². The van der Waals surface area contributed by atoms with Crippen LogP contribution in [-0.2, 0) is 4.79 Å². The predicted octanol–water partition coefficient (Wildman–Crippen LogP) is 1.81. The van der Waals surface area contributed by atoms with Gasteiger partial charge in [-0.15, -0.1) is 0 Å². The second-order valence-corrected chi connectivity index (χ2v) is 3.62. The molecule has 3 N–H and O–H groups in total. The van der Waals surface area contributed by atoms with Crippen LogP contribution < -0.4 is 5.32 Å². The number of nitrogens with zero attached hydrogens (tertiary/aromatic N) is 3. The first-order valence-electron chi connectivity index (χ1n) is 5.41. The van der Waals surface area contributed by atoms with Crippen LogP contribution in [0.2, 0.25) is 0 Å². The van der Waals surface area contributed by atoms with Gasteiger partial charge in [-0.2, -0.15) is 0 Å². The Morgan fingerprint density at radius 1 is 1.44 bits per heavy atom. The van der Waals surface area contributed by atoms with Crippen molar-refractivity contribution in [1.29, 1.82) is 0 Å². The highest BCUT2D eigenvalue weighted by Crippen LogP contribution is 2.17. The number of rotatable bonds is 7. The van der Waals surface area contributed by atoms with E-state index in [0.29, 0.717) is 25.1 Å². The van der Waals surface area contributed by atoms with Crippen LogP contribution in [0.15, 0.2) is 29.4 Å². The Morgan fingerprint density at radius 2 is 2.11 bits per heavy atom. The van der Waals surface area contributed by atoms with E-state index in [0.717, 1.165) is 0 Å². The number of phenols is 1. The summed E-state index contributed by atoms with van der Waals surface area (Å²) < 4.78 is 0. The summed E-state index contributed by atoms with van der Waals surface area (Å²) in [5, 5.41) is 24.4. The largest absolute Gasteiger partial charge is 0.508 e. The third-order valence-electron chi connectivity index (χ3n) is 2.32. The van der Waals surface area contributed by atoms with Crippen LogP contribution in [-0.4, -0.2) is 29.3 Å². The smallest absolute Gasteiger partial charge is 0.325 e. The monoisotopic (exact) mass is 250 g/mol. The summed E-state index contributed by atoms with van der Waals surface area (Å²) in [6.45, 7) is 0.752. The highest BCUT2D eigenvalue weighted by atomic mass is 16.4. The molecule has 7 nitrogen and oxygen atoms in total. The highest BCUT2D eigenvalue weighted by molar-refractivity contribution is 5.75. The Morgan fingerprint density at radius 3 is 2.67 bits per heavy atom. The normalized spacial score (nSPS) is 11.6. The second kappa shape index (κ2) is 7.16. The van der Waals surface area contributed by atoms with Crippen molar-refractivity contribution in [3.63, 3.8) is 0 Å². The van der Waals surface area contributed by atoms with Gasteiger partial charge in [-0.05, 0) is 36.2 Å². The van der Waals surface area contributed by atoms with Gasteiger partial charge in [0.15, 0.2) is 0 Å². The minimum Gasteiger partial charge on any atom is -0.508 e. The topological polar surface area (TPSA) is 118 Å². The summed E-state index contributed by atoms with van der Waals surface area (Å²) in [7, 11) is 0. The zero-order valence-electron chi connectivity index (χ0n) is 9.65. The summed E-state index contributed by atoms with van der Waals surface area (Å²) in [6, 6.07) is 5.14.